The molecule has 2 rings (SSSR count). The van der Waals surface area contributed by atoms with Crippen LogP contribution in [0.3, 0.4) is 0 Å². The molecule has 5 heteroatoms. The van der Waals surface area contributed by atoms with Crippen LogP contribution in [-0.2, 0) is 0 Å². The summed E-state index contributed by atoms with van der Waals surface area (Å²) in [6, 6.07) is 7.60. The summed E-state index contributed by atoms with van der Waals surface area (Å²) in [5.74, 6) is 0.0233. The predicted octanol–water partition coefficient (Wildman–Crippen LogP) is 3.01. The van der Waals surface area contributed by atoms with Gasteiger partial charge >= 0.3 is 0 Å². The molecule has 76 valence electrons. The minimum atomic E-state index is -0.318. The number of hydrogen-bond donors (Lipinski definition) is 1. The summed E-state index contributed by atoms with van der Waals surface area (Å²) >= 11 is 5.68. The fourth-order valence-electron chi connectivity index (χ4n) is 1.09. The molecule has 0 saturated heterocycles. The lowest BCUT2D eigenvalue weighted by Gasteiger charge is -2.03. The second-order valence-corrected chi connectivity index (χ2v) is 3.23. The van der Waals surface area contributed by atoms with Crippen molar-refractivity contribution in [3.63, 3.8) is 0 Å². The van der Waals surface area contributed by atoms with Crippen LogP contribution >= 0.6 is 11.6 Å². The van der Waals surface area contributed by atoms with Crippen molar-refractivity contribution in [1.29, 1.82) is 0 Å². The van der Waals surface area contributed by atoms with Gasteiger partial charge in [0.2, 0.25) is 5.95 Å². The molecule has 0 saturated carbocycles. The number of nitrogens with one attached hydrogen (secondary N) is 1. The Morgan fingerprint density at radius 2 is 2.13 bits per heavy atom. The molecule has 3 nitrogen and oxygen atoms in total. The monoisotopic (exact) mass is 223 g/mol. The molecule has 1 aromatic heterocycles. The summed E-state index contributed by atoms with van der Waals surface area (Å²) in [5, 5.41) is 3.18. The van der Waals surface area contributed by atoms with Gasteiger partial charge in [-0.25, -0.2) is 14.4 Å². The Kier molecular flexibility index (Phi) is 2.78. The SMILES string of the molecule is Fc1cccc(Nc2nccc(Cl)n2)c1. The number of benzene rings is 1. The van der Waals surface area contributed by atoms with Gasteiger partial charge in [-0.3, -0.25) is 0 Å². The third-order valence-electron chi connectivity index (χ3n) is 1.70. The molecule has 0 amide bonds. The molecule has 0 unspecified atom stereocenters. The minimum Gasteiger partial charge on any atom is -0.324 e. The first kappa shape index (κ1) is 9.86. The summed E-state index contributed by atoms with van der Waals surface area (Å²) in [4.78, 5) is 7.85. The summed E-state index contributed by atoms with van der Waals surface area (Å²) in [6.07, 6.45) is 1.52. The van der Waals surface area contributed by atoms with E-state index in [0.717, 1.165) is 0 Å². The second-order valence-electron chi connectivity index (χ2n) is 2.84. The Hall–Kier alpha value is -1.68. The van der Waals surface area contributed by atoms with Crippen molar-refractivity contribution < 1.29 is 4.39 Å². The zero-order valence-electron chi connectivity index (χ0n) is 7.61. The highest BCUT2D eigenvalue weighted by Gasteiger charge is 1.99. The van der Waals surface area contributed by atoms with Crippen molar-refractivity contribution in [3.8, 4) is 0 Å². The zero-order valence-corrected chi connectivity index (χ0v) is 8.37. The van der Waals surface area contributed by atoms with Gasteiger partial charge in [-0.15, -0.1) is 0 Å². The van der Waals surface area contributed by atoms with E-state index in [1.54, 1.807) is 18.2 Å². The average Bonchev–Trinajstić information content (AvgIpc) is 2.17. The molecule has 1 aromatic carbocycles. The Labute approximate surface area is 90.9 Å². The maximum atomic E-state index is 12.8. The Morgan fingerprint density at radius 1 is 1.27 bits per heavy atom. The van der Waals surface area contributed by atoms with E-state index < -0.39 is 0 Å². The lowest BCUT2D eigenvalue weighted by Crippen LogP contribution is -1.96. The van der Waals surface area contributed by atoms with Crippen molar-refractivity contribution in [2.45, 2.75) is 0 Å². The van der Waals surface area contributed by atoms with E-state index in [1.165, 1.54) is 18.3 Å². The average molecular weight is 224 g/mol. The maximum Gasteiger partial charge on any atom is 0.228 e. The quantitative estimate of drug-likeness (QED) is 0.796. The summed E-state index contributed by atoms with van der Waals surface area (Å²) in [7, 11) is 0. The predicted molar refractivity (Wildman–Crippen MR) is 56.7 cm³/mol. The van der Waals surface area contributed by atoms with E-state index in [0.29, 0.717) is 16.8 Å². The van der Waals surface area contributed by atoms with Gasteiger partial charge in [0.1, 0.15) is 11.0 Å². The van der Waals surface area contributed by atoms with Gasteiger partial charge in [0, 0.05) is 11.9 Å². The van der Waals surface area contributed by atoms with Crippen LogP contribution in [0.1, 0.15) is 0 Å². The van der Waals surface area contributed by atoms with Crippen molar-refractivity contribution in [2.75, 3.05) is 5.32 Å². The zero-order chi connectivity index (χ0) is 10.7. The molecule has 0 fully saturated rings. The van der Waals surface area contributed by atoms with Crippen LogP contribution in [0.4, 0.5) is 16.0 Å². The lowest BCUT2D eigenvalue weighted by molar-refractivity contribution is 0.628. The Bertz CT molecular complexity index is 432. The second kappa shape index (κ2) is 4.23. The van der Waals surface area contributed by atoms with E-state index in [4.69, 9.17) is 11.6 Å². The fraction of sp³-hybridized carbons (Fsp3) is 0. The molecule has 2 aromatic rings. The van der Waals surface area contributed by atoms with Crippen molar-refractivity contribution in [3.05, 3.63) is 47.5 Å². The largest absolute Gasteiger partial charge is 0.324 e. The summed E-state index contributed by atoms with van der Waals surface area (Å²) in [6.45, 7) is 0. The van der Waals surface area contributed by atoms with Gasteiger partial charge in [0.15, 0.2) is 0 Å². The van der Waals surface area contributed by atoms with E-state index >= 15 is 0 Å². The Morgan fingerprint density at radius 3 is 2.87 bits per heavy atom. The molecule has 15 heavy (non-hydrogen) atoms. The highest BCUT2D eigenvalue weighted by atomic mass is 35.5. The number of nitrogens with zero attached hydrogens (tertiary/aromatic N) is 2. The molecule has 1 N–H and O–H groups in total. The molecule has 0 spiro atoms. The van der Waals surface area contributed by atoms with Gasteiger partial charge in [0.25, 0.3) is 0 Å². The van der Waals surface area contributed by atoms with Crippen LogP contribution in [0.15, 0.2) is 36.5 Å². The molecule has 0 aliphatic carbocycles. The van der Waals surface area contributed by atoms with Crippen molar-refractivity contribution in [2.24, 2.45) is 0 Å². The number of anilines is 2. The van der Waals surface area contributed by atoms with Gasteiger partial charge in [-0.1, -0.05) is 17.7 Å². The molecule has 0 radical (unpaired) electrons. The van der Waals surface area contributed by atoms with Crippen LogP contribution in [0.2, 0.25) is 5.15 Å². The topological polar surface area (TPSA) is 37.8 Å². The lowest BCUT2D eigenvalue weighted by atomic mass is 10.3. The van der Waals surface area contributed by atoms with E-state index in [9.17, 15) is 4.39 Å². The van der Waals surface area contributed by atoms with Crippen LogP contribution in [-0.4, -0.2) is 9.97 Å². The molecule has 0 aliphatic heterocycles. The molecule has 0 aliphatic rings. The highest BCUT2D eigenvalue weighted by molar-refractivity contribution is 6.29. The normalized spacial score (nSPS) is 10.0. The van der Waals surface area contributed by atoms with Crippen LogP contribution in [0.5, 0.6) is 0 Å². The third kappa shape index (κ3) is 2.63. The first-order valence-electron chi connectivity index (χ1n) is 4.25. The van der Waals surface area contributed by atoms with Gasteiger partial charge < -0.3 is 5.32 Å². The van der Waals surface area contributed by atoms with E-state index in [2.05, 4.69) is 15.3 Å². The third-order valence-corrected chi connectivity index (χ3v) is 1.91. The summed E-state index contributed by atoms with van der Waals surface area (Å²) in [5.41, 5.74) is 0.581. The number of aromatic nitrogens is 2. The minimum absolute atomic E-state index is 0.318. The molecule has 0 atom stereocenters. The molecule has 0 bridgehead atoms. The van der Waals surface area contributed by atoms with Crippen LogP contribution < -0.4 is 5.32 Å². The summed E-state index contributed by atoms with van der Waals surface area (Å²) < 4.78 is 12.8. The van der Waals surface area contributed by atoms with Crippen LogP contribution in [0, 0.1) is 5.82 Å². The maximum absolute atomic E-state index is 12.8. The fourth-order valence-corrected chi connectivity index (χ4v) is 1.23. The van der Waals surface area contributed by atoms with Gasteiger partial charge in [-0.05, 0) is 24.3 Å². The first-order chi connectivity index (χ1) is 7.24. The van der Waals surface area contributed by atoms with Crippen LogP contribution in [0.25, 0.3) is 0 Å². The number of halogens is 2. The van der Waals surface area contributed by atoms with E-state index in [-0.39, 0.29) is 5.82 Å². The molecular weight excluding hydrogens is 217 g/mol. The van der Waals surface area contributed by atoms with Gasteiger partial charge in [0.05, 0.1) is 0 Å². The molecule has 1 heterocycles. The number of rotatable bonds is 2. The standard InChI is InChI=1S/C10H7ClFN3/c11-9-4-5-13-10(15-9)14-8-3-1-2-7(12)6-8/h1-6H,(H,13,14,15). The first-order valence-corrected chi connectivity index (χ1v) is 4.63. The van der Waals surface area contributed by atoms with E-state index in [1.807, 2.05) is 0 Å². The molecular formula is C10H7ClFN3. The van der Waals surface area contributed by atoms with Gasteiger partial charge in [-0.2, -0.15) is 0 Å². The highest BCUT2D eigenvalue weighted by Crippen LogP contribution is 2.14. The Balaban J connectivity index is 2.22. The van der Waals surface area contributed by atoms with Crippen molar-refractivity contribution in [1.82, 2.24) is 9.97 Å². The number of hydrogen-bond acceptors (Lipinski definition) is 3. The van der Waals surface area contributed by atoms with Crippen molar-refractivity contribution >= 4 is 23.2 Å². The smallest absolute Gasteiger partial charge is 0.228 e.